The van der Waals surface area contributed by atoms with E-state index in [-0.39, 0.29) is 64.2 Å². The van der Waals surface area contributed by atoms with E-state index in [0.29, 0.717) is 58.0 Å². The summed E-state index contributed by atoms with van der Waals surface area (Å²) in [4.78, 5) is 41.7. The number of benzene rings is 3. The Morgan fingerprint density at radius 3 is 1.62 bits per heavy atom. The molecule has 85 heavy (non-hydrogen) atoms. The number of aryl methyl sites for hydroxylation is 1. The summed E-state index contributed by atoms with van der Waals surface area (Å²) in [6.45, 7) is 10.9. The number of carbonyl (C=O) groups excluding carboxylic acids is 3. The van der Waals surface area contributed by atoms with Gasteiger partial charge in [0.2, 0.25) is 10.0 Å². The van der Waals surface area contributed by atoms with E-state index in [1.807, 2.05) is 6.92 Å². The lowest BCUT2D eigenvalue weighted by molar-refractivity contribution is -0.200. The van der Waals surface area contributed by atoms with E-state index in [4.69, 9.17) is 14.2 Å². The molecule has 11 atom stereocenters. The summed E-state index contributed by atoms with van der Waals surface area (Å²) in [6.07, 6.45) is 14.6. The number of hydrogen-bond donors (Lipinski definition) is 3. The molecular weight excluding hydrogens is 1120 g/mol. The molecule has 0 heterocycles. The first-order valence-electron chi connectivity index (χ1n) is 32.0. The molecule has 0 unspecified atom stereocenters. The van der Waals surface area contributed by atoms with Crippen molar-refractivity contribution in [3.63, 3.8) is 0 Å². The van der Waals surface area contributed by atoms with Crippen molar-refractivity contribution in [2.45, 2.75) is 243 Å². The van der Waals surface area contributed by atoms with Gasteiger partial charge in [0.05, 0.1) is 22.6 Å². The van der Waals surface area contributed by atoms with Crippen LogP contribution in [0, 0.1) is 53.3 Å². The molecule has 0 aliphatic heterocycles. The minimum atomic E-state index is -4.59. The van der Waals surface area contributed by atoms with Crippen LogP contribution in [0.15, 0.2) is 77.7 Å². The average molecular weight is 1220 g/mol. The van der Waals surface area contributed by atoms with Gasteiger partial charge in [-0.2, -0.15) is 26.3 Å². The van der Waals surface area contributed by atoms with Crippen LogP contribution in [0.5, 0.6) is 0 Å². The van der Waals surface area contributed by atoms with Crippen molar-refractivity contribution in [3.8, 4) is 0 Å². The second-order valence-electron chi connectivity index (χ2n) is 25.9. The molecular formula is C67H95F6N3O8S. The number of carbonyl (C=O) groups is 3. The first-order valence-corrected chi connectivity index (χ1v) is 33.4. The summed E-state index contributed by atoms with van der Waals surface area (Å²) in [5, 5.41) is 5.31. The van der Waals surface area contributed by atoms with Gasteiger partial charge in [0.1, 0.15) is 12.2 Å². The number of rotatable bonds is 30. The van der Waals surface area contributed by atoms with Gasteiger partial charge >= 0.3 is 30.5 Å². The van der Waals surface area contributed by atoms with E-state index in [1.54, 1.807) is 24.3 Å². The van der Waals surface area contributed by atoms with Crippen LogP contribution in [0.4, 0.5) is 47.3 Å². The molecule has 2 amide bonds. The van der Waals surface area contributed by atoms with E-state index in [0.717, 1.165) is 61.2 Å². The monoisotopic (exact) mass is 1220 g/mol. The first-order chi connectivity index (χ1) is 40.4. The molecule has 4 saturated carbocycles. The number of amides is 2. The van der Waals surface area contributed by atoms with Crippen molar-refractivity contribution in [1.82, 2.24) is 4.72 Å². The van der Waals surface area contributed by atoms with Crippen molar-refractivity contribution >= 4 is 39.6 Å². The van der Waals surface area contributed by atoms with Crippen molar-refractivity contribution in [2.24, 2.45) is 46.3 Å². The number of alkyl halides is 6. The van der Waals surface area contributed by atoms with Crippen LogP contribution in [0.3, 0.4) is 0 Å². The van der Waals surface area contributed by atoms with Crippen LogP contribution in [-0.4, -0.2) is 51.4 Å². The minimum Gasteiger partial charge on any atom is -0.466 e. The highest BCUT2D eigenvalue weighted by Gasteiger charge is 2.68. The number of fused-ring (bicyclic) bond motifs is 5. The summed E-state index contributed by atoms with van der Waals surface area (Å²) < 4.78 is 130. The minimum absolute atomic E-state index is 0.0699. The van der Waals surface area contributed by atoms with Gasteiger partial charge in [-0.3, -0.25) is 15.4 Å². The molecule has 0 bridgehead atoms. The van der Waals surface area contributed by atoms with Gasteiger partial charge in [-0.1, -0.05) is 155 Å². The zero-order valence-corrected chi connectivity index (χ0v) is 51.7. The Kier molecular flexibility index (Phi) is 24.6. The van der Waals surface area contributed by atoms with E-state index < -0.39 is 74.8 Å². The molecule has 4 aliphatic rings. The van der Waals surface area contributed by atoms with Gasteiger partial charge in [0, 0.05) is 35.2 Å². The van der Waals surface area contributed by atoms with Crippen LogP contribution in [0.2, 0.25) is 0 Å². The fourth-order valence-corrected chi connectivity index (χ4v) is 16.7. The molecule has 3 aromatic carbocycles. The molecule has 3 N–H and O–H groups in total. The highest BCUT2D eigenvalue weighted by molar-refractivity contribution is 7.89. The third-order valence-corrected chi connectivity index (χ3v) is 21.7. The van der Waals surface area contributed by atoms with E-state index in [9.17, 15) is 49.1 Å². The summed E-state index contributed by atoms with van der Waals surface area (Å²) in [5.41, 5.74) is -1.89. The van der Waals surface area contributed by atoms with Crippen molar-refractivity contribution in [2.75, 3.05) is 17.2 Å². The maximum absolute atomic E-state index is 14.2. The highest BCUT2D eigenvalue weighted by atomic mass is 32.2. The number of esters is 1. The lowest BCUT2D eigenvalue weighted by atomic mass is 9.43. The molecule has 0 saturated heterocycles. The van der Waals surface area contributed by atoms with Crippen LogP contribution in [-0.2, 0) is 41.4 Å². The van der Waals surface area contributed by atoms with Gasteiger partial charge in [-0.15, -0.1) is 0 Å². The Morgan fingerprint density at radius 2 is 1.12 bits per heavy atom. The van der Waals surface area contributed by atoms with E-state index >= 15 is 0 Å². The molecule has 3 aromatic rings. The van der Waals surface area contributed by atoms with Gasteiger partial charge < -0.3 is 14.2 Å². The number of hydrogen-bond acceptors (Lipinski definition) is 8. The maximum Gasteiger partial charge on any atom is 0.416 e. The smallest absolute Gasteiger partial charge is 0.416 e. The van der Waals surface area contributed by atoms with E-state index in [2.05, 4.69) is 43.1 Å². The molecule has 4 aliphatic carbocycles. The Labute approximate surface area is 502 Å². The third kappa shape index (κ3) is 18.6. The topological polar surface area (TPSA) is 149 Å². The highest BCUT2D eigenvalue weighted by Crippen LogP contribution is 2.69. The number of ether oxygens (including phenoxy) is 3. The van der Waals surface area contributed by atoms with E-state index in [1.165, 1.54) is 108 Å². The Bertz CT molecular complexity index is 2690. The molecule has 7 rings (SSSR count). The summed E-state index contributed by atoms with van der Waals surface area (Å²) in [7, 11) is -3.92. The summed E-state index contributed by atoms with van der Waals surface area (Å²) in [5.74, 6) is -1.45. The van der Waals surface area contributed by atoms with Crippen LogP contribution in [0.1, 0.15) is 218 Å². The first kappa shape index (κ1) is 67.7. The maximum atomic E-state index is 14.2. The van der Waals surface area contributed by atoms with Crippen LogP contribution in [0.25, 0.3) is 0 Å². The van der Waals surface area contributed by atoms with Crippen molar-refractivity contribution in [1.29, 1.82) is 0 Å². The van der Waals surface area contributed by atoms with Crippen LogP contribution < -0.4 is 15.4 Å². The lowest BCUT2D eigenvalue weighted by Crippen LogP contribution is -2.64. The predicted octanol–water partition coefficient (Wildman–Crippen LogP) is 18.8. The van der Waals surface area contributed by atoms with Gasteiger partial charge in [0.25, 0.3) is 0 Å². The summed E-state index contributed by atoms with van der Waals surface area (Å²) >= 11 is 0. The fourth-order valence-electron chi connectivity index (χ4n) is 15.4. The largest absolute Gasteiger partial charge is 0.466 e. The van der Waals surface area contributed by atoms with Gasteiger partial charge in [-0.05, 0) is 160 Å². The average Bonchev–Trinajstić information content (AvgIpc) is 1.70. The number of nitrogens with one attached hydrogen (secondary N) is 3. The zero-order valence-electron chi connectivity index (χ0n) is 50.9. The number of unbranched alkanes of at least 4 members (excludes halogenated alkanes) is 17. The second kappa shape index (κ2) is 30.9. The Hall–Kier alpha value is -4.84. The number of anilines is 2. The van der Waals surface area contributed by atoms with Gasteiger partial charge in [0.15, 0.2) is 0 Å². The number of halogens is 6. The predicted molar refractivity (Wildman–Crippen MR) is 320 cm³/mol. The fraction of sp³-hybridized carbons (Fsp3) is 0.687. The molecule has 0 aromatic heterocycles. The van der Waals surface area contributed by atoms with Crippen LogP contribution >= 0.6 is 0 Å². The lowest BCUT2D eigenvalue weighted by Gasteiger charge is -2.64. The number of sulfonamides is 1. The molecule has 474 valence electrons. The second-order valence-corrected chi connectivity index (χ2v) is 27.6. The molecule has 4 fully saturated rings. The van der Waals surface area contributed by atoms with Gasteiger partial charge in [-0.25, -0.2) is 22.7 Å². The standard InChI is InChI=1S/C67H95F6N3O8S/c1-6-7-8-9-10-11-12-13-14-15-16-17-18-19-20-21-22-23-42-82-60(77)39-26-47(3)55-37-38-56-61-57(45-59(65(55,56)5)84-63(79)75-52-33-29-49(30-34-52)67(71,72)73)64(4)41-40-53(76-85(80,81)54-35-24-46(2)25-36-54)43-50(64)44-58(61)83-62(78)74-51-31-27-48(28-32-51)66(68,69)70/h24-25,27-36,47,50,53,55-59,61,76H,6-23,26,37-45H2,1-5H3,(H,74,78)(H,75,79)/t47-,50+,53-,55-,56+,57+,58-,59+,61+,64+,65-/m1/s1. The van der Waals surface area contributed by atoms with Crippen molar-refractivity contribution in [3.05, 3.63) is 89.5 Å². The Balaban J connectivity index is 1.02. The van der Waals surface area contributed by atoms with Crippen molar-refractivity contribution < 1.29 is 63.4 Å². The molecule has 0 spiro atoms. The SMILES string of the molecule is CCCCCCCCCCCCCCCCCCCCOC(=O)CC[C@@H](C)[C@H]1CC[C@H]2[C@@H]3[C@H](OC(=O)Nc4ccc(C(F)(F)F)cc4)C[C@@H]4C[C@H](NS(=O)(=O)c5ccc(C)cc5)CC[C@]4(C)[C@H]3C[C@H](OC(=O)Nc3ccc(C(F)(F)F)cc3)[C@]12C. The third-order valence-electron chi connectivity index (χ3n) is 20.1. The normalized spacial score (nSPS) is 26.1. The zero-order chi connectivity index (χ0) is 61.4. The summed E-state index contributed by atoms with van der Waals surface area (Å²) in [6, 6.07) is 14.3. The Morgan fingerprint density at radius 1 is 0.624 bits per heavy atom. The molecule has 18 heteroatoms. The molecule has 0 radical (unpaired) electrons. The molecule has 11 nitrogen and oxygen atoms in total. The quantitative estimate of drug-likeness (QED) is 0.0259.